The van der Waals surface area contributed by atoms with Gasteiger partial charge >= 0.3 is 0 Å². The van der Waals surface area contributed by atoms with Crippen LogP contribution in [0, 0.1) is 11.8 Å². The number of rotatable bonds is 5. The fourth-order valence-electron chi connectivity index (χ4n) is 3.14. The molecular weight excluding hydrogens is 187 g/mol. The van der Waals surface area contributed by atoms with Gasteiger partial charge in [0.25, 0.3) is 0 Å². The van der Waals surface area contributed by atoms with Crippen LogP contribution >= 0.6 is 0 Å². The molecule has 1 rings (SSSR count). The highest BCUT2D eigenvalue weighted by molar-refractivity contribution is 4.89. The van der Waals surface area contributed by atoms with Gasteiger partial charge in [-0.15, -0.1) is 0 Å². The van der Waals surface area contributed by atoms with Gasteiger partial charge in [0.1, 0.15) is 5.67 Å². The average Bonchev–Trinajstić information content (AvgIpc) is 2.19. The van der Waals surface area contributed by atoms with Gasteiger partial charge in [-0.3, -0.25) is 0 Å². The second-order valence-corrected chi connectivity index (χ2v) is 5.49. The van der Waals surface area contributed by atoms with Gasteiger partial charge in [-0.2, -0.15) is 0 Å². The molecule has 1 fully saturated rings. The monoisotopic (exact) mass is 214 g/mol. The summed E-state index contributed by atoms with van der Waals surface area (Å²) in [6.07, 6.45) is 8.26. The molecule has 0 aliphatic heterocycles. The van der Waals surface area contributed by atoms with Gasteiger partial charge in [0.05, 0.1) is 0 Å². The standard InChI is InChI=1S/C14H27F/c1-4-10-14(15,11-5-2)13-8-6-12(3)7-9-13/h12-13H,4-11H2,1-3H3. The first-order valence-corrected chi connectivity index (χ1v) is 6.81. The summed E-state index contributed by atoms with van der Waals surface area (Å²) in [5.41, 5.74) is -0.844. The van der Waals surface area contributed by atoms with Crippen molar-refractivity contribution in [3.05, 3.63) is 0 Å². The molecule has 0 heterocycles. The van der Waals surface area contributed by atoms with Crippen molar-refractivity contribution in [3.63, 3.8) is 0 Å². The Bertz CT molecular complexity index is 162. The summed E-state index contributed by atoms with van der Waals surface area (Å²) in [7, 11) is 0. The lowest BCUT2D eigenvalue weighted by Gasteiger charge is -2.38. The minimum atomic E-state index is -0.844. The first-order valence-electron chi connectivity index (χ1n) is 6.81. The predicted molar refractivity (Wildman–Crippen MR) is 64.8 cm³/mol. The molecule has 0 spiro atoms. The summed E-state index contributed by atoms with van der Waals surface area (Å²) < 4.78 is 14.8. The summed E-state index contributed by atoms with van der Waals surface area (Å²) in [6, 6.07) is 0. The van der Waals surface area contributed by atoms with E-state index in [0.29, 0.717) is 5.92 Å². The molecule has 1 aliphatic rings. The summed E-state index contributed by atoms with van der Waals surface area (Å²) >= 11 is 0. The molecule has 0 N–H and O–H groups in total. The van der Waals surface area contributed by atoms with E-state index in [1.165, 1.54) is 12.8 Å². The fraction of sp³-hybridized carbons (Fsp3) is 1.00. The smallest absolute Gasteiger partial charge is 0.113 e. The molecule has 1 heteroatoms. The molecule has 1 saturated carbocycles. The van der Waals surface area contributed by atoms with E-state index in [9.17, 15) is 4.39 Å². The molecular formula is C14H27F. The number of hydrogen-bond donors (Lipinski definition) is 0. The van der Waals surface area contributed by atoms with Crippen LogP contribution in [-0.2, 0) is 0 Å². The molecule has 0 saturated heterocycles. The van der Waals surface area contributed by atoms with Crippen molar-refractivity contribution in [2.24, 2.45) is 11.8 Å². The zero-order chi connectivity index (χ0) is 11.3. The van der Waals surface area contributed by atoms with Crippen molar-refractivity contribution < 1.29 is 4.39 Å². The zero-order valence-electron chi connectivity index (χ0n) is 10.7. The van der Waals surface area contributed by atoms with Crippen LogP contribution in [0.3, 0.4) is 0 Å². The quantitative estimate of drug-likeness (QED) is 0.595. The zero-order valence-corrected chi connectivity index (χ0v) is 10.7. The second kappa shape index (κ2) is 5.86. The van der Waals surface area contributed by atoms with Crippen molar-refractivity contribution in [2.75, 3.05) is 0 Å². The summed E-state index contributed by atoms with van der Waals surface area (Å²) in [6.45, 7) is 6.51. The fourth-order valence-corrected chi connectivity index (χ4v) is 3.14. The summed E-state index contributed by atoms with van der Waals surface area (Å²) in [5, 5.41) is 0. The van der Waals surface area contributed by atoms with Gasteiger partial charge in [-0.25, -0.2) is 4.39 Å². The van der Waals surface area contributed by atoms with Crippen LogP contribution in [0.4, 0.5) is 4.39 Å². The third-order valence-electron chi connectivity index (χ3n) is 4.08. The Kier molecular flexibility index (Phi) is 5.08. The molecule has 0 amide bonds. The average molecular weight is 214 g/mol. The summed E-state index contributed by atoms with van der Waals surface area (Å²) in [5.74, 6) is 1.18. The van der Waals surface area contributed by atoms with Gasteiger partial charge in [-0.05, 0) is 37.5 Å². The molecule has 15 heavy (non-hydrogen) atoms. The SMILES string of the molecule is CCCC(F)(CCC)C1CCC(C)CC1. The third kappa shape index (κ3) is 3.46. The second-order valence-electron chi connectivity index (χ2n) is 5.49. The van der Waals surface area contributed by atoms with Crippen LogP contribution in [0.5, 0.6) is 0 Å². The maximum atomic E-state index is 14.8. The molecule has 90 valence electrons. The number of halogens is 1. The normalized spacial score (nSPS) is 28.0. The lowest BCUT2D eigenvalue weighted by atomic mass is 9.71. The Morgan fingerprint density at radius 3 is 1.87 bits per heavy atom. The van der Waals surface area contributed by atoms with Crippen molar-refractivity contribution in [3.8, 4) is 0 Å². The van der Waals surface area contributed by atoms with Crippen LogP contribution < -0.4 is 0 Å². The first-order chi connectivity index (χ1) is 7.12. The highest BCUT2D eigenvalue weighted by atomic mass is 19.1. The van der Waals surface area contributed by atoms with Gasteiger partial charge in [0.15, 0.2) is 0 Å². The maximum Gasteiger partial charge on any atom is 0.113 e. The van der Waals surface area contributed by atoms with Crippen LogP contribution in [0.2, 0.25) is 0 Å². The molecule has 0 radical (unpaired) electrons. The molecule has 0 nitrogen and oxygen atoms in total. The molecule has 0 atom stereocenters. The van der Waals surface area contributed by atoms with E-state index in [0.717, 1.165) is 44.4 Å². The molecule has 1 aliphatic carbocycles. The van der Waals surface area contributed by atoms with E-state index in [2.05, 4.69) is 20.8 Å². The molecule has 0 aromatic carbocycles. The molecule has 0 unspecified atom stereocenters. The Balaban J connectivity index is 2.55. The number of hydrogen-bond acceptors (Lipinski definition) is 0. The lowest BCUT2D eigenvalue weighted by Crippen LogP contribution is -2.35. The van der Waals surface area contributed by atoms with E-state index in [4.69, 9.17) is 0 Å². The Hall–Kier alpha value is -0.0700. The Labute approximate surface area is 94.6 Å². The van der Waals surface area contributed by atoms with Gasteiger partial charge in [0, 0.05) is 0 Å². The van der Waals surface area contributed by atoms with Crippen molar-refractivity contribution in [1.82, 2.24) is 0 Å². The molecule has 0 aromatic rings. The van der Waals surface area contributed by atoms with E-state index < -0.39 is 5.67 Å². The highest BCUT2D eigenvalue weighted by Gasteiger charge is 2.38. The van der Waals surface area contributed by atoms with E-state index in [1.807, 2.05) is 0 Å². The highest BCUT2D eigenvalue weighted by Crippen LogP contribution is 2.42. The predicted octanol–water partition coefficient (Wildman–Crippen LogP) is 5.12. The molecule has 0 aromatic heterocycles. The van der Waals surface area contributed by atoms with Crippen LogP contribution in [0.25, 0.3) is 0 Å². The minimum absolute atomic E-state index is 0.355. The van der Waals surface area contributed by atoms with Crippen LogP contribution in [0.15, 0.2) is 0 Å². The van der Waals surface area contributed by atoms with E-state index >= 15 is 0 Å². The Morgan fingerprint density at radius 2 is 1.47 bits per heavy atom. The van der Waals surface area contributed by atoms with Crippen molar-refractivity contribution in [1.29, 1.82) is 0 Å². The maximum absolute atomic E-state index is 14.8. The Morgan fingerprint density at radius 1 is 1.00 bits per heavy atom. The van der Waals surface area contributed by atoms with E-state index in [-0.39, 0.29) is 0 Å². The number of alkyl halides is 1. The van der Waals surface area contributed by atoms with Gasteiger partial charge < -0.3 is 0 Å². The topological polar surface area (TPSA) is 0 Å². The summed E-state index contributed by atoms with van der Waals surface area (Å²) in [4.78, 5) is 0. The lowest BCUT2D eigenvalue weighted by molar-refractivity contribution is 0.0292. The van der Waals surface area contributed by atoms with E-state index in [1.54, 1.807) is 0 Å². The van der Waals surface area contributed by atoms with Crippen molar-refractivity contribution >= 4 is 0 Å². The minimum Gasteiger partial charge on any atom is -0.244 e. The third-order valence-corrected chi connectivity index (χ3v) is 4.08. The van der Waals surface area contributed by atoms with Gasteiger partial charge in [-0.1, -0.05) is 46.5 Å². The largest absolute Gasteiger partial charge is 0.244 e. The first kappa shape index (κ1) is 13.0. The van der Waals surface area contributed by atoms with Crippen molar-refractivity contribution in [2.45, 2.75) is 77.8 Å². The van der Waals surface area contributed by atoms with Crippen LogP contribution in [-0.4, -0.2) is 5.67 Å². The molecule has 0 bridgehead atoms. The van der Waals surface area contributed by atoms with Gasteiger partial charge in [0.2, 0.25) is 0 Å². The van der Waals surface area contributed by atoms with Crippen LogP contribution in [0.1, 0.15) is 72.1 Å².